The minimum Gasteiger partial charge on any atom is -0.496 e. The molecule has 0 bridgehead atoms. The lowest BCUT2D eigenvalue weighted by molar-refractivity contribution is 0.416. The van der Waals surface area contributed by atoms with E-state index in [1.165, 1.54) is 11.1 Å². The van der Waals surface area contributed by atoms with Crippen LogP contribution in [-0.2, 0) is 0 Å². The summed E-state index contributed by atoms with van der Waals surface area (Å²) in [6.07, 6.45) is 3.14. The maximum atomic E-state index is 6.14. The second-order valence-corrected chi connectivity index (χ2v) is 6.86. The molecule has 0 aliphatic heterocycles. The third-order valence-electron chi connectivity index (χ3n) is 5.02. The molecule has 1 aromatic heterocycles. The number of aromatic amines is 1. The molecule has 3 rings (SSSR count). The van der Waals surface area contributed by atoms with Crippen LogP contribution in [0.15, 0.2) is 36.4 Å². The lowest BCUT2D eigenvalue weighted by atomic mass is 9.94. The number of methoxy groups -OCH3 is 1. The van der Waals surface area contributed by atoms with Crippen molar-refractivity contribution < 1.29 is 4.74 Å². The van der Waals surface area contributed by atoms with Gasteiger partial charge in [-0.05, 0) is 79.8 Å². The molecule has 0 radical (unpaired) electrons. The zero-order valence-electron chi connectivity index (χ0n) is 16.7. The summed E-state index contributed by atoms with van der Waals surface area (Å²) in [6.45, 7) is 8.33. The van der Waals surface area contributed by atoms with Gasteiger partial charge in [0.1, 0.15) is 11.4 Å². The highest BCUT2D eigenvalue weighted by atomic mass is 16.5. The molecule has 0 fully saturated rings. The van der Waals surface area contributed by atoms with Gasteiger partial charge >= 0.3 is 0 Å². The fourth-order valence-corrected chi connectivity index (χ4v) is 3.38. The van der Waals surface area contributed by atoms with Crippen LogP contribution in [-0.4, -0.2) is 17.3 Å². The summed E-state index contributed by atoms with van der Waals surface area (Å²) in [4.78, 5) is 0. The number of anilines is 1. The van der Waals surface area contributed by atoms with Crippen LogP contribution in [0.25, 0.3) is 22.9 Å². The maximum Gasteiger partial charge on any atom is 0.128 e. The minimum atomic E-state index is 0.816. The number of rotatable bonds is 5. The first-order valence-electron chi connectivity index (χ1n) is 9.22. The molecule has 0 spiro atoms. The molecule has 2 aromatic carbocycles. The Morgan fingerprint density at radius 3 is 2.44 bits per heavy atom. The van der Waals surface area contributed by atoms with Crippen molar-refractivity contribution in [3.63, 3.8) is 0 Å². The Labute approximate surface area is 161 Å². The standard InChI is InChI=1S/C23H27N3O/c1-6-17(18-11-14(2)22(24)15(3)12-18)13-20-16(4)25-26-23(20)19-9-7-8-10-21(19)27-5/h7-13H,6,24H2,1-5H3,(H,25,26)/b17-13+. The van der Waals surface area contributed by atoms with E-state index in [9.17, 15) is 0 Å². The molecule has 0 amide bonds. The molecule has 0 atom stereocenters. The van der Waals surface area contributed by atoms with Crippen LogP contribution in [0.4, 0.5) is 5.69 Å². The number of nitrogen functional groups attached to an aromatic ring is 1. The third kappa shape index (κ3) is 3.61. The van der Waals surface area contributed by atoms with E-state index >= 15 is 0 Å². The first kappa shape index (κ1) is 18.8. The topological polar surface area (TPSA) is 63.9 Å². The highest BCUT2D eigenvalue weighted by Crippen LogP contribution is 2.35. The van der Waals surface area contributed by atoms with Crippen molar-refractivity contribution in [1.29, 1.82) is 0 Å². The lowest BCUT2D eigenvalue weighted by Gasteiger charge is -2.12. The van der Waals surface area contributed by atoms with Crippen molar-refractivity contribution in [1.82, 2.24) is 10.2 Å². The van der Waals surface area contributed by atoms with Crippen molar-refractivity contribution in [3.8, 4) is 17.0 Å². The molecule has 3 N–H and O–H groups in total. The number of benzene rings is 2. The number of aryl methyl sites for hydroxylation is 3. The smallest absolute Gasteiger partial charge is 0.128 e. The maximum absolute atomic E-state index is 6.14. The van der Waals surface area contributed by atoms with E-state index in [1.54, 1.807) is 7.11 Å². The molecule has 1 heterocycles. The molecular weight excluding hydrogens is 334 g/mol. The monoisotopic (exact) mass is 361 g/mol. The van der Waals surface area contributed by atoms with Crippen molar-refractivity contribution in [2.75, 3.05) is 12.8 Å². The highest BCUT2D eigenvalue weighted by Gasteiger charge is 2.15. The first-order chi connectivity index (χ1) is 13.0. The van der Waals surface area contributed by atoms with E-state index in [2.05, 4.69) is 49.2 Å². The van der Waals surface area contributed by atoms with Gasteiger partial charge in [0, 0.05) is 22.5 Å². The van der Waals surface area contributed by atoms with Crippen molar-refractivity contribution in [2.24, 2.45) is 0 Å². The van der Waals surface area contributed by atoms with Gasteiger partial charge in [0.05, 0.1) is 7.11 Å². The Bertz CT molecular complexity index is 976. The van der Waals surface area contributed by atoms with Gasteiger partial charge in [-0.25, -0.2) is 0 Å². The van der Waals surface area contributed by atoms with Crippen LogP contribution in [0.2, 0.25) is 0 Å². The summed E-state index contributed by atoms with van der Waals surface area (Å²) in [5, 5.41) is 7.68. The summed E-state index contributed by atoms with van der Waals surface area (Å²) in [5.41, 5.74) is 15.7. The number of ether oxygens (including phenoxy) is 1. The lowest BCUT2D eigenvalue weighted by Crippen LogP contribution is -1.96. The molecule has 0 saturated carbocycles. The number of hydrogen-bond acceptors (Lipinski definition) is 3. The van der Waals surface area contributed by atoms with Crippen LogP contribution in [0.1, 0.15) is 41.3 Å². The quantitative estimate of drug-likeness (QED) is 0.586. The number of H-pyrrole nitrogens is 1. The number of hydrogen-bond donors (Lipinski definition) is 2. The van der Waals surface area contributed by atoms with E-state index in [0.29, 0.717) is 0 Å². The van der Waals surface area contributed by atoms with Crippen LogP contribution in [0.3, 0.4) is 0 Å². The normalized spacial score (nSPS) is 11.7. The second kappa shape index (κ2) is 7.70. The Morgan fingerprint density at radius 1 is 1.15 bits per heavy atom. The Morgan fingerprint density at radius 2 is 1.81 bits per heavy atom. The number of allylic oxidation sites excluding steroid dienone is 1. The van der Waals surface area contributed by atoms with Gasteiger partial charge in [0.2, 0.25) is 0 Å². The molecule has 0 saturated heterocycles. The summed E-state index contributed by atoms with van der Waals surface area (Å²) in [5.74, 6) is 0.816. The zero-order chi connectivity index (χ0) is 19.6. The van der Waals surface area contributed by atoms with Gasteiger partial charge in [-0.3, -0.25) is 5.10 Å². The van der Waals surface area contributed by atoms with E-state index in [1.807, 2.05) is 31.2 Å². The largest absolute Gasteiger partial charge is 0.496 e. The van der Waals surface area contributed by atoms with Crippen LogP contribution in [0.5, 0.6) is 5.75 Å². The average molecular weight is 361 g/mol. The number of para-hydroxylation sites is 1. The Balaban J connectivity index is 2.15. The molecule has 4 nitrogen and oxygen atoms in total. The van der Waals surface area contributed by atoms with E-state index in [0.717, 1.165) is 51.5 Å². The van der Waals surface area contributed by atoms with Crippen molar-refractivity contribution in [2.45, 2.75) is 34.1 Å². The second-order valence-electron chi connectivity index (χ2n) is 6.86. The SMILES string of the molecule is CC/C(=C\c1c(-c2ccccc2OC)n[nH]c1C)c1cc(C)c(N)c(C)c1. The molecule has 27 heavy (non-hydrogen) atoms. The predicted molar refractivity (Wildman–Crippen MR) is 114 cm³/mol. The van der Waals surface area contributed by atoms with E-state index in [-0.39, 0.29) is 0 Å². The van der Waals surface area contributed by atoms with Crippen LogP contribution >= 0.6 is 0 Å². The minimum absolute atomic E-state index is 0.816. The first-order valence-corrected chi connectivity index (χ1v) is 9.22. The molecular formula is C23H27N3O. The summed E-state index contributed by atoms with van der Waals surface area (Å²) in [7, 11) is 1.69. The van der Waals surface area contributed by atoms with Crippen LogP contribution < -0.4 is 10.5 Å². The summed E-state index contributed by atoms with van der Waals surface area (Å²) >= 11 is 0. The van der Waals surface area contributed by atoms with Gasteiger partial charge in [-0.1, -0.05) is 19.1 Å². The molecule has 3 aromatic rings. The van der Waals surface area contributed by atoms with Crippen molar-refractivity contribution >= 4 is 17.3 Å². The summed E-state index contributed by atoms with van der Waals surface area (Å²) < 4.78 is 5.54. The fourth-order valence-electron chi connectivity index (χ4n) is 3.38. The van der Waals surface area contributed by atoms with Gasteiger partial charge < -0.3 is 10.5 Å². The Hall–Kier alpha value is -3.01. The number of aromatic nitrogens is 2. The van der Waals surface area contributed by atoms with E-state index < -0.39 is 0 Å². The fraction of sp³-hybridized carbons (Fsp3) is 0.261. The molecule has 0 aliphatic rings. The Kier molecular flexibility index (Phi) is 5.36. The third-order valence-corrected chi connectivity index (χ3v) is 5.02. The van der Waals surface area contributed by atoms with Gasteiger partial charge in [-0.15, -0.1) is 0 Å². The van der Waals surface area contributed by atoms with E-state index in [4.69, 9.17) is 10.5 Å². The predicted octanol–water partition coefficient (Wildman–Crippen LogP) is 5.54. The average Bonchev–Trinajstić information content (AvgIpc) is 3.03. The van der Waals surface area contributed by atoms with Gasteiger partial charge in [-0.2, -0.15) is 5.10 Å². The van der Waals surface area contributed by atoms with Gasteiger partial charge in [0.15, 0.2) is 0 Å². The molecule has 140 valence electrons. The zero-order valence-corrected chi connectivity index (χ0v) is 16.7. The van der Waals surface area contributed by atoms with Crippen LogP contribution in [0, 0.1) is 20.8 Å². The van der Waals surface area contributed by atoms with Gasteiger partial charge in [0.25, 0.3) is 0 Å². The molecule has 0 aliphatic carbocycles. The summed E-state index contributed by atoms with van der Waals surface area (Å²) in [6, 6.07) is 12.3. The number of nitrogens with one attached hydrogen (secondary N) is 1. The molecule has 0 unspecified atom stereocenters. The molecule has 4 heteroatoms. The van der Waals surface area contributed by atoms with Crippen molar-refractivity contribution in [3.05, 3.63) is 64.3 Å². The number of nitrogens with two attached hydrogens (primary N) is 1. The highest BCUT2D eigenvalue weighted by molar-refractivity contribution is 5.88. The number of nitrogens with zero attached hydrogens (tertiary/aromatic N) is 1.